The van der Waals surface area contributed by atoms with Crippen LogP contribution in [0.3, 0.4) is 0 Å². The first kappa shape index (κ1) is 72.9. The molecular formula is C66H123NO10. The third-order valence-electron chi connectivity index (χ3n) is 15.5. The molecule has 1 fully saturated rings. The van der Waals surface area contributed by atoms with E-state index in [9.17, 15) is 35.1 Å². The Kier molecular flexibility index (Phi) is 52.8. The van der Waals surface area contributed by atoms with E-state index in [1.165, 1.54) is 225 Å². The number of aliphatic hydroxyl groups is 5. The molecule has 11 heteroatoms. The number of rotatable bonds is 57. The summed E-state index contributed by atoms with van der Waals surface area (Å²) in [6.45, 7) is 4.31. The summed E-state index contributed by atoms with van der Waals surface area (Å²) in [5.41, 5.74) is 0. The van der Waals surface area contributed by atoms with Gasteiger partial charge in [-0.25, -0.2) is 0 Å². The topological polar surface area (TPSA) is 175 Å². The molecule has 77 heavy (non-hydrogen) atoms. The normalized spacial score (nSPS) is 18.8. The van der Waals surface area contributed by atoms with Crippen molar-refractivity contribution in [3.05, 3.63) is 36.5 Å². The molecule has 452 valence electrons. The van der Waals surface area contributed by atoms with E-state index < -0.39 is 49.5 Å². The molecule has 0 aromatic rings. The lowest BCUT2D eigenvalue weighted by Gasteiger charge is -2.40. The van der Waals surface area contributed by atoms with E-state index in [1.807, 2.05) is 6.08 Å². The fourth-order valence-corrected chi connectivity index (χ4v) is 10.3. The monoisotopic (exact) mass is 1090 g/mol. The fourth-order valence-electron chi connectivity index (χ4n) is 10.3. The quantitative estimate of drug-likeness (QED) is 0.0195. The minimum atomic E-state index is -1.58. The van der Waals surface area contributed by atoms with Gasteiger partial charge in [-0.1, -0.05) is 262 Å². The molecule has 0 aliphatic carbocycles. The van der Waals surface area contributed by atoms with Crippen LogP contribution in [0.5, 0.6) is 0 Å². The second-order valence-corrected chi connectivity index (χ2v) is 22.8. The van der Waals surface area contributed by atoms with Crippen molar-refractivity contribution < 1.29 is 49.3 Å². The molecule has 6 N–H and O–H groups in total. The maximum Gasteiger partial charge on any atom is 0.305 e. The third kappa shape index (κ3) is 45.2. The van der Waals surface area contributed by atoms with E-state index in [0.29, 0.717) is 19.4 Å². The number of hydrogen-bond donors (Lipinski definition) is 6. The number of carbonyl (C=O) groups is 2. The molecule has 0 saturated carbocycles. The van der Waals surface area contributed by atoms with Crippen LogP contribution < -0.4 is 5.32 Å². The summed E-state index contributed by atoms with van der Waals surface area (Å²) in [6.07, 6.45) is 59.9. The van der Waals surface area contributed by atoms with Crippen LogP contribution >= 0.6 is 0 Å². The number of unbranched alkanes of at least 4 members (excludes halogenated alkanes) is 39. The molecule has 1 saturated heterocycles. The summed E-state index contributed by atoms with van der Waals surface area (Å²) < 4.78 is 16.7. The van der Waals surface area contributed by atoms with Crippen molar-refractivity contribution in [1.82, 2.24) is 5.32 Å². The molecule has 0 radical (unpaired) electrons. The summed E-state index contributed by atoms with van der Waals surface area (Å²) >= 11 is 0. The smallest absolute Gasteiger partial charge is 0.305 e. The van der Waals surface area contributed by atoms with Crippen LogP contribution in [0.4, 0.5) is 0 Å². The van der Waals surface area contributed by atoms with Gasteiger partial charge in [0.25, 0.3) is 0 Å². The van der Waals surface area contributed by atoms with Gasteiger partial charge in [0.15, 0.2) is 6.29 Å². The van der Waals surface area contributed by atoms with Gasteiger partial charge >= 0.3 is 5.97 Å². The van der Waals surface area contributed by atoms with Crippen LogP contribution in [0.2, 0.25) is 0 Å². The van der Waals surface area contributed by atoms with Gasteiger partial charge in [-0.2, -0.15) is 0 Å². The highest BCUT2D eigenvalue weighted by Gasteiger charge is 2.44. The zero-order chi connectivity index (χ0) is 55.9. The Morgan fingerprint density at radius 1 is 0.468 bits per heavy atom. The van der Waals surface area contributed by atoms with E-state index in [2.05, 4.69) is 43.5 Å². The van der Waals surface area contributed by atoms with Crippen LogP contribution in [-0.2, 0) is 23.8 Å². The molecular weight excluding hydrogens is 967 g/mol. The molecule has 0 bridgehead atoms. The van der Waals surface area contributed by atoms with Gasteiger partial charge in [-0.05, 0) is 70.6 Å². The Morgan fingerprint density at radius 3 is 1.30 bits per heavy atom. The van der Waals surface area contributed by atoms with Crippen LogP contribution in [0, 0.1) is 0 Å². The molecule has 7 atom stereocenters. The SMILES string of the molecule is CCCCCC/C=C/CC/C=C/C(O)C(COC1OC(CO)C(O)C(O)C1O)NC(=O)CCCCCCCCCCCCCC/C=C\CCCCCCCCCCCCCCOC(=O)CCCCCCCCCCCCC. The number of aliphatic hydroxyl groups excluding tert-OH is 5. The van der Waals surface area contributed by atoms with Crippen molar-refractivity contribution in [3.63, 3.8) is 0 Å². The minimum absolute atomic E-state index is 0.00607. The van der Waals surface area contributed by atoms with Crippen LogP contribution in [0.15, 0.2) is 36.5 Å². The summed E-state index contributed by atoms with van der Waals surface area (Å²) in [4.78, 5) is 25.0. The van der Waals surface area contributed by atoms with Crippen molar-refractivity contribution in [2.75, 3.05) is 19.8 Å². The number of amides is 1. The van der Waals surface area contributed by atoms with Crippen LogP contribution in [0.1, 0.15) is 309 Å². The number of ether oxygens (including phenoxy) is 3. The van der Waals surface area contributed by atoms with Crippen LogP contribution in [0.25, 0.3) is 0 Å². The van der Waals surface area contributed by atoms with Crippen molar-refractivity contribution >= 4 is 11.9 Å². The molecule has 1 aliphatic heterocycles. The minimum Gasteiger partial charge on any atom is -0.466 e. The lowest BCUT2D eigenvalue weighted by molar-refractivity contribution is -0.302. The first-order valence-electron chi connectivity index (χ1n) is 32.8. The lowest BCUT2D eigenvalue weighted by atomic mass is 9.99. The standard InChI is InChI=1S/C66H123NO10/c1-3-5-7-9-11-13-33-38-42-46-50-54-62(71)75-55-51-47-43-39-35-32-30-28-26-24-22-20-18-16-15-17-19-21-23-25-27-29-31-34-37-41-45-49-53-61(70)67-58(57-76-66-65(74)64(73)63(72)60(56-68)77-66)59(69)52-48-44-40-36-14-12-10-8-6-4-2/h14-16,36,48,52,58-60,63-66,68-69,72-74H,3-13,17-35,37-47,49-51,53-57H2,1-2H3,(H,67,70)/b16-15-,36-14+,52-48+. The molecule has 1 rings (SSSR count). The van der Waals surface area contributed by atoms with E-state index in [0.717, 1.165) is 57.8 Å². The highest BCUT2D eigenvalue weighted by atomic mass is 16.7. The van der Waals surface area contributed by atoms with E-state index in [-0.39, 0.29) is 18.5 Å². The molecule has 0 spiro atoms. The highest BCUT2D eigenvalue weighted by molar-refractivity contribution is 5.76. The zero-order valence-corrected chi connectivity index (χ0v) is 49.9. The van der Waals surface area contributed by atoms with Crippen molar-refractivity contribution in [2.24, 2.45) is 0 Å². The fraction of sp³-hybridized carbons (Fsp3) is 0.879. The average Bonchev–Trinajstić information content (AvgIpc) is 3.43. The molecule has 1 amide bonds. The van der Waals surface area contributed by atoms with Gasteiger partial charge in [0.05, 0.1) is 32.0 Å². The first-order valence-corrected chi connectivity index (χ1v) is 32.8. The molecule has 1 aliphatic rings. The van der Waals surface area contributed by atoms with E-state index in [4.69, 9.17) is 14.2 Å². The summed E-state index contributed by atoms with van der Waals surface area (Å²) in [5.74, 6) is -0.187. The number of hydrogen-bond acceptors (Lipinski definition) is 10. The Bertz CT molecular complexity index is 1370. The molecule has 1 heterocycles. The molecule has 7 unspecified atom stereocenters. The summed E-state index contributed by atoms with van der Waals surface area (Å²) in [5, 5.41) is 54.3. The van der Waals surface area contributed by atoms with Crippen LogP contribution in [-0.4, -0.2) is 100 Å². The zero-order valence-electron chi connectivity index (χ0n) is 49.9. The Hall–Kier alpha value is -2.12. The second-order valence-electron chi connectivity index (χ2n) is 22.8. The highest BCUT2D eigenvalue weighted by Crippen LogP contribution is 2.23. The predicted octanol–water partition coefficient (Wildman–Crippen LogP) is 15.8. The third-order valence-corrected chi connectivity index (χ3v) is 15.5. The lowest BCUT2D eigenvalue weighted by Crippen LogP contribution is -2.60. The number of allylic oxidation sites excluding steroid dienone is 5. The number of nitrogens with one attached hydrogen (secondary N) is 1. The van der Waals surface area contributed by atoms with Gasteiger partial charge in [0.2, 0.25) is 5.91 Å². The number of esters is 1. The molecule has 0 aromatic carbocycles. The number of carbonyl (C=O) groups excluding carboxylic acids is 2. The maximum absolute atomic E-state index is 13.0. The first-order chi connectivity index (χ1) is 37.7. The van der Waals surface area contributed by atoms with Gasteiger partial charge in [-0.3, -0.25) is 9.59 Å². The average molecular weight is 1090 g/mol. The molecule has 0 aromatic heterocycles. The predicted molar refractivity (Wildman–Crippen MR) is 320 cm³/mol. The van der Waals surface area contributed by atoms with Gasteiger partial charge in [0.1, 0.15) is 24.4 Å². The van der Waals surface area contributed by atoms with Crippen molar-refractivity contribution in [1.29, 1.82) is 0 Å². The van der Waals surface area contributed by atoms with E-state index >= 15 is 0 Å². The van der Waals surface area contributed by atoms with Gasteiger partial charge in [0, 0.05) is 12.8 Å². The van der Waals surface area contributed by atoms with Crippen molar-refractivity contribution in [3.8, 4) is 0 Å². The maximum atomic E-state index is 13.0. The Labute approximate surface area is 473 Å². The van der Waals surface area contributed by atoms with Gasteiger partial charge < -0.3 is 45.1 Å². The second kappa shape index (κ2) is 55.8. The van der Waals surface area contributed by atoms with Gasteiger partial charge in [-0.15, -0.1) is 0 Å². The molecule has 11 nitrogen and oxygen atoms in total. The van der Waals surface area contributed by atoms with Crippen molar-refractivity contribution in [2.45, 2.75) is 352 Å². The Morgan fingerprint density at radius 2 is 0.844 bits per heavy atom. The Balaban J connectivity index is 1.97. The largest absolute Gasteiger partial charge is 0.466 e. The summed E-state index contributed by atoms with van der Waals surface area (Å²) in [7, 11) is 0. The van der Waals surface area contributed by atoms with E-state index in [1.54, 1.807) is 6.08 Å². The summed E-state index contributed by atoms with van der Waals surface area (Å²) in [6, 6.07) is -0.826.